The second-order valence-corrected chi connectivity index (χ2v) is 8.92. The number of rotatable bonds is 10. The molecule has 11 heteroatoms. The summed E-state index contributed by atoms with van der Waals surface area (Å²) in [5.41, 5.74) is 3.38. The first-order valence-electron chi connectivity index (χ1n) is 12.2. The van der Waals surface area contributed by atoms with Crippen molar-refractivity contribution in [1.29, 1.82) is 0 Å². The van der Waals surface area contributed by atoms with E-state index in [1.165, 1.54) is 39.7 Å². The van der Waals surface area contributed by atoms with Gasteiger partial charge in [0.1, 0.15) is 5.75 Å². The lowest BCUT2D eigenvalue weighted by atomic mass is 10.0. The molecule has 41 heavy (non-hydrogen) atoms. The summed E-state index contributed by atoms with van der Waals surface area (Å²) in [6, 6.07) is 20.2. The van der Waals surface area contributed by atoms with Crippen LogP contribution in [0.2, 0.25) is 5.02 Å². The van der Waals surface area contributed by atoms with E-state index in [9.17, 15) is 14.4 Å². The molecular formula is C30H26ClN3O7. The Morgan fingerprint density at radius 1 is 0.829 bits per heavy atom. The van der Waals surface area contributed by atoms with Gasteiger partial charge in [0.2, 0.25) is 5.75 Å². The lowest BCUT2D eigenvalue weighted by molar-refractivity contribution is -0.120. The molecule has 2 amide bonds. The monoisotopic (exact) mass is 575 g/mol. The summed E-state index contributed by atoms with van der Waals surface area (Å²) in [7, 11) is 4.32. The maximum absolute atomic E-state index is 12.7. The number of halogens is 1. The number of methoxy groups -OCH3 is 3. The Balaban J connectivity index is 1.46. The van der Waals surface area contributed by atoms with Crippen LogP contribution < -0.4 is 29.7 Å². The van der Waals surface area contributed by atoms with Gasteiger partial charge in [0, 0.05) is 16.1 Å². The number of ether oxygens (including phenoxy) is 4. The van der Waals surface area contributed by atoms with Crippen molar-refractivity contribution in [2.45, 2.75) is 0 Å². The molecule has 2 N–H and O–H groups in total. The van der Waals surface area contributed by atoms with E-state index in [1.807, 2.05) is 30.3 Å². The minimum atomic E-state index is -0.581. The fourth-order valence-electron chi connectivity index (χ4n) is 3.93. The van der Waals surface area contributed by atoms with Gasteiger partial charge in [-0.05, 0) is 53.2 Å². The Hall–Kier alpha value is -5.09. The van der Waals surface area contributed by atoms with Crippen LogP contribution in [0, 0.1) is 0 Å². The molecule has 0 saturated carbocycles. The molecule has 4 aromatic carbocycles. The molecule has 0 aliphatic heterocycles. The normalized spacial score (nSPS) is 10.7. The second kappa shape index (κ2) is 13.3. The molecule has 0 fully saturated rings. The molecule has 10 nitrogen and oxygen atoms in total. The topological polar surface area (TPSA) is 125 Å². The van der Waals surface area contributed by atoms with Gasteiger partial charge in [-0.3, -0.25) is 9.59 Å². The lowest BCUT2D eigenvalue weighted by Gasteiger charge is -2.14. The molecule has 0 unspecified atom stereocenters. The van der Waals surface area contributed by atoms with E-state index in [4.69, 9.17) is 30.5 Å². The molecule has 0 aliphatic rings. The number of nitrogens with one attached hydrogen (secondary N) is 2. The van der Waals surface area contributed by atoms with Gasteiger partial charge in [-0.2, -0.15) is 5.10 Å². The lowest BCUT2D eigenvalue weighted by Crippen LogP contribution is -2.35. The highest BCUT2D eigenvalue weighted by molar-refractivity contribution is 6.30. The highest BCUT2D eigenvalue weighted by Gasteiger charge is 2.18. The quantitative estimate of drug-likeness (QED) is 0.122. The van der Waals surface area contributed by atoms with E-state index in [1.54, 1.807) is 30.3 Å². The van der Waals surface area contributed by atoms with E-state index in [2.05, 4.69) is 15.8 Å². The van der Waals surface area contributed by atoms with Gasteiger partial charge >= 0.3 is 5.97 Å². The molecule has 4 rings (SSSR count). The molecule has 0 spiro atoms. The molecule has 0 atom stereocenters. The van der Waals surface area contributed by atoms with E-state index >= 15 is 0 Å². The predicted octanol–water partition coefficient (Wildman–Crippen LogP) is 4.62. The van der Waals surface area contributed by atoms with Gasteiger partial charge in [-0.1, -0.05) is 41.9 Å². The number of benzene rings is 4. The number of esters is 1. The average molecular weight is 576 g/mol. The Kier molecular flexibility index (Phi) is 9.39. The minimum absolute atomic E-state index is 0.207. The van der Waals surface area contributed by atoms with Gasteiger partial charge < -0.3 is 24.3 Å². The summed E-state index contributed by atoms with van der Waals surface area (Å²) in [6.07, 6.45) is 1.38. The summed E-state index contributed by atoms with van der Waals surface area (Å²) < 4.78 is 21.4. The molecule has 0 saturated heterocycles. The molecule has 0 heterocycles. The molecular weight excluding hydrogens is 550 g/mol. The van der Waals surface area contributed by atoms with E-state index in [0.29, 0.717) is 33.4 Å². The van der Waals surface area contributed by atoms with Crippen LogP contribution in [0.3, 0.4) is 0 Å². The predicted molar refractivity (Wildman–Crippen MR) is 155 cm³/mol. The third-order valence-corrected chi connectivity index (χ3v) is 6.18. The molecule has 210 valence electrons. The van der Waals surface area contributed by atoms with Crippen molar-refractivity contribution in [2.24, 2.45) is 5.10 Å². The number of amides is 2. The van der Waals surface area contributed by atoms with Gasteiger partial charge in [0.25, 0.3) is 11.8 Å². The summed E-state index contributed by atoms with van der Waals surface area (Å²) in [6.45, 7) is -0.360. The summed E-state index contributed by atoms with van der Waals surface area (Å²) >= 11 is 5.91. The summed E-state index contributed by atoms with van der Waals surface area (Å²) in [5.74, 6) is -0.508. The van der Waals surface area contributed by atoms with Crippen molar-refractivity contribution < 1.29 is 33.3 Å². The van der Waals surface area contributed by atoms with Crippen LogP contribution in [0.4, 0.5) is 0 Å². The Morgan fingerprint density at radius 2 is 1.51 bits per heavy atom. The number of fused-ring (bicyclic) bond motifs is 1. The maximum atomic E-state index is 12.7. The summed E-state index contributed by atoms with van der Waals surface area (Å²) in [4.78, 5) is 37.9. The molecule has 0 bridgehead atoms. The largest absolute Gasteiger partial charge is 0.493 e. The van der Waals surface area contributed by atoms with Crippen LogP contribution in [0.5, 0.6) is 23.0 Å². The molecule has 0 aliphatic carbocycles. The first-order valence-corrected chi connectivity index (χ1v) is 12.6. The Labute approximate surface area is 240 Å². The number of nitrogens with zero attached hydrogens (tertiary/aromatic N) is 1. The maximum Gasteiger partial charge on any atom is 0.343 e. The molecule has 0 radical (unpaired) electrons. The van der Waals surface area contributed by atoms with Crippen LogP contribution in [-0.4, -0.2) is 51.9 Å². The Morgan fingerprint density at radius 3 is 2.17 bits per heavy atom. The van der Waals surface area contributed by atoms with Crippen molar-refractivity contribution in [3.63, 3.8) is 0 Å². The zero-order valence-electron chi connectivity index (χ0n) is 22.4. The van der Waals surface area contributed by atoms with Crippen molar-refractivity contribution in [3.05, 3.63) is 94.5 Å². The van der Waals surface area contributed by atoms with E-state index < -0.39 is 17.8 Å². The number of carbonyl (C=O) groups is 3. The highest BCUT2D eigenvalue weighted by Crippen LogP contribution is 2.38. The van der Waals surface area contributed by atoms with Gasteiger partial charge in [-0.25, -0.2) is 10.2 Å². The first kappa shape index (κ1) is 28.9. The smallest absolute Gasteiger partial charge is 0.343 e. The van der Waals surface area contributed by atoms with Crippen LogP contribution >= 0.6 is 11.6 Å². The van der Waals surface area contributed by atoms with Crippen molar-refractivity contribution in [3.8, 4) is 23.0 Å². The first-order chi connectivity index (χ1) is 19.8. The number of hydrogen-bond donors (Lipinski definition) is 2. The fourth-order valence-corrected chi connectivity index (χ4v) is 4.05. The van der Waals surface area contributed by atoms with E-state index in [-0.39, 0.29) is 17.9 Å². The third-order valence-electron chi connectivity index (χ3n) is 5.93. The van der Waals surface area contributed by atoms with Crippen LogP contribution in [0.25, 0.3) is 10.8 Å². The summed E-state index contributed by atoms with van der Waals surface area (Å²) in [5, 5.41) is 8.68. The van der Waals surface area contributed by atoms with Crippen LogP contribution in [0.1, 0.15) is 26.3 Å². The molecule has 4 aromatic rings. The average Bonchev–Trinajstić information content (AvgIpc) is 3.00. The fraction of sp³-hybridized carbons (Fsp3) is 0.133. The van der Waals surface area contributed by atoms with Gasteiger partial charge in [-0.15, -0.1) is 0 Å². The number of hydrazone groups is 1. The van der Waals surface area contributed by atoms with Crippen LogP contribution in [0.15, 0.2) is 77.9 Å². The van der Waals surface area contributed by atoms with Gasteiger partial charge in [0.15, 0.2) is 11.5 Å². The van der Waals surface area contributed by atoms with Crippen molar-refractivity contribution in [2.75, 3.05) is 27.9 Å². The van der Waals surface area contributed by atoms with Crippen molar-refractivity contribution >= 4 is 46.4 Å². The highest BCUT2D eigenvalue weighted by atomic mass is 35.5. The standard InChI is InChI=1S/C30H26ClN3O7/c1-38-25-14-20(15-26(39-2)28(25)40-3)29(36)32-17-27(35)34-33-16-23-22-7-5-4-6-18(22)10-13-24(23)41-30(37)19-8-11-21(31)12-9-19/h4-16H,17H2,1-3H3,(H,32,36)(H,34,35). The number of carbonyl (C=O) groups excluding carboxylic acids is 3. The third kappa shape index (κ3) is 6.92. The zero-order valence-corrected chi connectivity index (χ0v) is 23.2. The molecule has 0 aromatic heterocycles. The zero-order chi connectivity index (χ0) is 29.4. The minimum Gasteiger partial charge on any atom is -0.493 e. The SMILES string of the molecule is COc1cc(C(=O)NCC(=O)NN=Cc2c(OC(=O)c3ccc(Cl)cc3)ccc3ccccc23)cc(OC)c1OC. The Bertz CT molecular complexity index is 1600. The second-order valence-electron chi connectivity index (χ2n) is 8.48. The van der Waals surface area contributed by atoms with Gasteiger partial charge in [0.05, 0.1) is 39.7 Å². The van der Waals surface area contributed by atoms with Crippen LogP contribution in [-0.2, 0) is 4.79 Å². The number of hydrogen-bond acceptors (Lipinski definition) is 8. The van der Waals surface area contributed by atoms with E-state index in [0.717, 1.165) is 10.8 Å². The van der Waals surface area contributed by atoms with Crippen molar-refractivity contribution in [1.82, 2.24) is 10.7 Å².